The van der Waals surface area contributed by atoms with Crippen molar-refractivity contribution in [2.45, 2.75) is 13.0 Å². The second-order valence-electron chi connectivity index (χ2n) is 6.26. The van der Waals surface area contributed by atoms with E-state index in [4.69, 9.17) is 14.2 Å². The number of para-hydroxylation sites is 1. The Hall–Kier alpha value is -3.19. The number of benzene rings is 2. The highest BCUT2D eigenvalue weighted by Gasteiger charge is 2.35. The van der Waals surface area contributed by atoms with Gasteiger partial charge in [-0.15, -0.1) is 0 Å². The molecule has 1 heterocycles. The van der Waals surface area contributed by atoms with Crippen molar-refractivity contribution in [3.63, 3.8) is 0 Å². The first kappa shape index (κ1) is 19.6. The van der Waals surface area contributed by atoms with Crippen molar-refractivity contribution in [1.29, 1.82) is 0 Å². The molecule has 0 aliphatic carbocycles. The molecule has 28 heavy (non-hydrogen) atoms. The average Bonchev–Trinajstić information content (AvgIpc) is 2.96. The number of nitrogens with zero attached hydrogens (tertiary/aromatic N) is 1. The van der Waals surface area contributed by atoms with E-state index in [0.29, 0.717) is 24.3 Å². The Morgan fingerprint density at radius 2 is 1.75 bits per heavy atom. The molecule has 0 saturated carbocycles. The van der Waals surface area contributed by atoms with E-state index in [0.717, 1.165) is 5.56 Å². The minimum Gasteiger partial charge on any atom is -0.496 e. The molecule has 7 heteroatoms. The molecule has 2 aromatic carbocycles. The van der Waals surface area contributed by atoms with Crippen LogP contribution in [0.4, 0.5) is 0 Å². The van der Waals surface area contributed by atoms with Crippen LogP contribution in [0, 0.1) is 0 Å². The Morgan fingerprint density at radius 1 is 1.00 bits per heavy atom. The van der Waals surface area contributed by atoms with Gasteiger partial charge in [-0.3, -0.25) is 14.5 Å². The molecular formula is C21H21NO6. The van der Waals surface area contributed by atoms with Crippen LogP contribution in [-0.4, -0.2) is 50.1 Å². The molecule has 0 bridgehead atoms. The normalized spacial score (nSPS) is 12.9. The predicted molar refractivity (Wildman–Crippen MR) is 100 cm³/mol. The van der Waals surface area contributed by atoms with Crippen LogP contribution in [0.15, 0.2) is 42.5 Å². The summed E-state index contributed by atoms with van der Waals surface area (Å²) < 4.78 is 15.5. The van der Waals surface area contributed by atoms with E-state index in [9.17, 15) is 14.4 Å². The maximum Gasteiger partial charge on any atom is 0.338 e. The first-order valence-electron chi connectivity index (χ1n) is 8.85. The van der Waals surface area contributed by atoms with Crippen LogP contribution in [0.1, 0.15) is 43.1 Å². The summed E-state index contributed by atoms with van der Waals surface area (Å²) in [6, 6.07) is 11.6. The number of ether oxygens (including phenoxy) is 3. The highest BCUT2D eigenvalue weighted by molar-refractivity contribution is 6.21. The molecule has 0 unspecified atom stereocenters. The molecule has 2 amide bonds. The molecule has 0 radical (unpaired) electrons. The molecule has 0 atom stereocenters. The summed E-state index contributed by atoms with van der Waals surface area (Å²) in [5.41, 5.74) is 1.46. The number of imide groups is 1. The van der Waals surface area contributed by atoms with Gasteiger partial charge in [0.05, 0.1) is 23.8 Å². The van der Waals surface area contributed by atoms with Crippen LogP contribution < -0.4 is 4.74 Å². The Morgan fingerprint density at radius 3 is 2.50 bits per heavy atom. The smallest absolute Gasteiger partial charge is 0.338 e. The summed E-state index contributed by atoms with van der Waals surface area (Å²) in [7, 11) is 3.10. The maximum atomic E-state index is 12.5. The molecule has 0 N–H and O–H groups in total. The second kappa shape index (κ2) is 8.67. The molecule has 0 aromatic heterocycles. The van der Waals surface area contributed by atoms with Crippen LogP contribution in [0.3, 0.4) is 0 Å². The van der Waals surface area contributed by atoms with Gasteiger partial charge in [0, 0.05) is 25.8 Å². The van der Waals surface area contributed by atoms with Gasteiger partial charge in [0.15, 0.2) is 0 Å². The van der Waals surface area contributed by atoms with Gasteiger partial charge in [-0.05, 0) is 30.7 Å². The second-order valence-corrected chi connectivity index (χ2v) is 6.26. The monoisotopic (exact) mass is 383 g/mol. The number of esters is 1. The van der Waals surface area contributed by atoms with Gasteiger partial charge in [0.1, 0.15) is 12.4 Å². The van der Waals surface area contributed by atoms with Crippen LogP contribution in [-0.2, 0) is 16.1 Å². The average molecular weight is 383 g/mol. The van der Waals surface area contributed by atoms with E-state index in [1.54, 1.807) is 26.4 Å². The molecule has 0 saturated heterocycles. The van der Waals surface area contributed by atoms with Crippen LogP contribution in [0.25, 0.3) is 0 Å². The van der Waals surface area contributed by atoms with Crippen LogP contribution in [0.2, 0.25) is 0 Å². The number of rotatable bonds is 8. The van der Waals surface area contributed by atoms with Gasteiger partial charge < -0.3 is 14.2 Å². The SMILES string of the molecule is COCCCN1C(=O)c2ccc(C(=O)OCc3ccccc3OC)cc2C1=O. The molecule has 3 rings (SSSR count). The predicted octanol–water partition coefficient (Wildman–Crippen LogP) is 2.68. The summed E-state index contributed by atoms with van der Waals surface area (Å²) in [5, 5.41) is 0. The van der Waals surface area contributed by atoms with Crippen molar-refractivity contribution < 1.29 is 28.6 Å². The number of hydrogen-bond donors (Lipinski definition) is 0. The van der Waals surface area contributed by atoms with Crippen molar-refractivity contribution in [2.75, 3.05) is 27.4 Å². The topological polar surface area (TPSA) is 82.1 Å². The lowest BCUT2D eigenvalue weighted by Crippen LogP contribution is -2.31. The largest absolute Gasteiger partial charge is 0.496 e. The lowest BCUT2D eigenvalue weighted by atomic mass is 10.1. The van der Waals surface area contributed by atoms with Gasteiger partial charge in [0.2, 0.25) is 0 Å². The van der Waals surface area contributed by atoms with E-state index in [1.807, 2.05) is 12.1 Å². The minimum absolute atomic E-state index is 0.0376. The molecule has 1 aliphatic rings. The zero-order chi connectivity index (χ0) is 20.1. The summed E-state index contributed by atoms with van der Waals surface area (Å²) in [6.07, 6.45) is 0.551. The van der Waals surface area contributed by atoms with Gasteiger partial charge in [-0.25, -0.2) is 4.79 Å². The fraction of sp³-hybridized carbons (Fsp3) is 0.286. The molecule has 0 spiro atoms. The first-order valence-corrected chi connectivity index (χ1v) is 8.85. The van der Waals surface area contributed by atoms with Crippen molar-refractivity contribution in [1.82, 2.24) is 4.90 Å². The number of hydrogen-bond acceptors (Lipinski definition) is 6. The van der Waals surface area contributed by atoms with Crippen molar-refractivity contribution in [2.24, 2.45) is 0 Å². The quantitative estimate of drug-likeness (QED) is 0.396. The number of methoxy groups -OCH3 is 2. The van der Waals surface area contributed by atoms with Crippen LogP contribution in [0.5, 0.6) is 5.75 Å². The zero-order valence-electron chi connectivity index (χ0n) is 15.8. The van der Waals surface area contributed by atoms with Gasteiger partial charge in [-0.1, -0.05) is 18.2 Å². The van der Waals surface area contributed by atoms with Crippen molar-refractivity contribution in [3.8, 4) is 5.75 Å². The van der Waals surface area contributed by atoms with E-state index in [-0.39, 0.29) is 30.2 Å². The highest BCUT2D eigenvalue weighted by Crippen LogP contribution is 2.25. The summed E-state index contributed by atoms with van der Waals surface area (Å²) in [4.78, 5) is 38.5. The Kier molecular flexibility index (Phi) is 6.06. The van der Waals surface area contributed by atoms with Gasteiger partial charge in [0.25, 0.3) is 11.8 Å². The summed E-state index contributed by atoms with van der Waals surface area (Å²) in [6.45, 7) is 0.762. The summed E-state index contributed by atoms with van der Waals surface area (Å²) in [5.74, 6) is -0.718. The van der Waals surface area contributed by atoms with E-state index < -0.39 is 11.9 Å². The molecule has 1 aliphatic heterocycles. The van der Waals surface area contributed by atoms with Gasteiger partial charge >= 0.3 is 5.97 Å². The minimum atomic E-state index is -0.577. The number of fused-ring (bicyclic) bond motifs is 1. The highest BCUT2D eigenvalue weighted by atomic mass is 16.5. The maximum absolute atomic E-state index is 12.5. The number of amides is 2. The lowest BCUT2D eigenvalue weighted by molar-refractivity contribution is 0.0469. The lowest BCUT2D eigenvalue weighted by Gasteiger charge is -2.12. The number of carbonyl (C=O) groups excluding carboxylic acids is 3. The van der Waals surface area contributed by atoms with E-state index >= 15 is 0 Å². The van der Waals surface area contributed by atoms with Crippen molar-refractivity contribution in [3.05, 3.63) is 64.7 Å². The first-order chi connectivity index (χ1) is 13.6. The molecule has 0 fully saturated rings. The Balaban J connectivity index is 1.71. The van der Waals surface area contributed by atoms with Crippen LogP contribution >= 0.6 is 0 Å². The Bertz CT molecular complexity index is 908. The third kappa shape index (κ3) is 3.89. The molecule has 7 nitrogen and oxygen atoms in total. The molecular weight excluding hydrogens is 362 g/mol. The fourth-order valence-electron chi connectivity index (χ4n) is 3.04. The van der Waals surface area contributed by atoms with Gasteiger partial charge in [-0.2, -0.15) is 0 Å². The molecule has 146 valence electrons. The van der Waals surface area contributed by atoms with Crippen molar-refractivity contribution >= 4 is 17.8 Å². The zero-order valence-corrected chi connectivity index (χ0v) is 15.8. The van der Waals surface area contributed by atoms with E-state index in [1.165, 1.54) is 23.1 Å². The number of carbonyl (C=O) groups is 3. The third-order valence-corrected chi connectivity index (χ3v) is 4.49. The standard InChI is InChI=1S/C21H21NO6/c1-26-11-5-10-22-19(23)16-9-8-14(12-17(16)20(22)24)21(25)28-13-15-6-3-4-7-18(15)27-2/h3-4,6-9,12H,5,10-11,13H2,1-2H3. The summed E-state index contributed by atoms with van der Waals surface area (Å²) >= 11 is 0. The van der Waals surface area contributed by atoms with E-state index in [2.05, 4.69) is 0 Å². The fourth-order valence-corrected chi connectivity index (χ4v) is 3.04. The Labute approximate surface area is 162 Å². The third-order valence-electron chi connectivity index (χ3n) is 4.49. The molecule has 2 aromatic rings.